The second-order valence-corrected chi connectivity index (χ2v) is 3.91. The molecule has 0 spiro atoms. The van der Waals surface area contributed by atoms with E-state index in [9.17, 15) is 0 Å². The van der Waals surface area contributed by atoms with Gasteiger partial charge in [-0.05, 0) is 19.9 Å². The minimum Gasteiger partial charge on any atom is -0.473 e. The molecule has 3 unspecified atom stereocenters. The molecule has 2 heterocycles. The second-order valence-electron chi connectivity index (χ2n) is 3.91. The van der Waals surface area contributed by atoms with E-state index in [1.807, 2.05) is 0 Å². The average molecular weight is 231 g/mol. The number of fused-ring (bicyclic) bond motifs is 2. The van der Waals surface area contributed by atoms with E-state index in [1.54, 1.807) is 0 Å². The maximum Gasteiger partial charge on any atom is 0.414 e. The summed E-state index contributed by atoms with van der Waals surface area (Å²) >= 11 is 0. The molecule has 0 aromatic heterocycles. The standard InChI is InChI=1S/C8H15NO.C2H2O4/c1-2-10-8-6-9-4-3-7(8)5-9;3-1(4)2(5)6/h7-8H,2-6H2,1H3;(H,3,4)(H,5,6). The summed E-state index contributed by atoms with van der Waals surface area (Å²) in [5, 5.41) is 14.8. The van der Waals surface area contributed by atoms with E-state index < -0.39 is 11.9 Å². The SMILES string of the molecule is CCOC1CN2CCC1C2.O=C(O)C(=O)O. The molecule has 2 N–H and O–H groups in total. The van der Waals surface area contributed by atoms with Crippen LogP contribution in [-0.2, 0) is 14.3 Å². The Hall–Kier alpha value is -1.14. The number of nitrogens with zero attached hydrogens (tertiary/aromatic N) is 1. The molecule has 6 nitrogen and oxygen atoms in total. The van der Waals surface area contributed by atoms with Crippen LogP contribution in [0.15, 0.2) is 0 Å². The van der Waals surface area contributed by atoms with Crippen LogP contribution < -0.4 is 0 Å². The summed E-state index contributed by atoms with van der Waals surface area (Å²) in [5.41, 5.74) is 0. The number of carboxylic acid groups (broad SMARTS) is 2. The van der Waals surface area contributed by atoms with Crippen LogP contribution in [0.25, 0.3) is 0 Å². The predicted molar refractivity (Wildman–Crippen MR) is 55.2 cm³/mol. The lowest BCUT2D eigenvalue weighted by molar-refractivity contribution is -0.159. The van der Waals surface area contributed by atoms with Gasteiger partial charge in [-0.3, -0.25) is 0 Å². The van der Waals surface area contributed by atoms with Gasteiger partial charge in [-0.1, -0.05) is 0 Å². The van der Waals surface area contributed by atoms with Crippen LogP contribution in [0.2, 0.25) is 0 Å². The third-order valence-electron chi connectivity index (χ3n) is 2.84. The van der Waals surface area contributed by atoms with Crippen LogP contribution in [-0.4, -0.2) is 59.4 Å². The first kappa shape index (κ1) is 12.9. The molecule has 0 amide bonds. The first-order chi connectivity index (χ1) is 7.54. The number of aliphatic carboxylic acids is 2. The minimum absolute atomic E-state index is 0.568. The number of carboxylic acids is 2. The predicted octanol–water partition coefficient (Wildman–Crippen LogP) is -0.117. The Labute approximate surface area is 93.8 Å². The van der Waals surface area contributed by atoms with Gasteiger partial charge in [-0.25, -0.2) is 9.59 Å². The molecular formula is C10H17NO5. The Morgan fingerprint density at radius 3 is 2.25 bits per heavy atom. The number of hydrogen-bond donors (Lipinski definition) is 2. The number of ether oxygens (including phenoxy) is 1. The Morgan fingerprint density at radius 1 is 1.31 bits per heavy atom. The van der Waals surface area contributed by atoms with Gasteiger partial charge in [0.05, 0.1) is 6.10 Å². The summed E-state index contributed by atoms with van der Waals surface area (Å²) < 4.78 is 5.60. The van der Waals surface area contributed by atoms with Gasteiger partial charge in [0.15, 0.2) is 0 Å². The third kappa shape index (κ3) is 3.46. The molecule has 2 bridgehead atoms. The summed E-state index contributed by atoms with van der Waals surface area (Å²) in [7, 11) is 0. The molecule has 2 saturated heterocycles. The van der Waals surface area contributed by atoms with E-state index in [-0.39, 0.29) is 0 Å². The summed E-state index contributed by atoms with van der Waals surface area (Å²) in [4.78, 5) is 20.7. The molecule has 0 aliphatic carbocycles. The molecule has 0 aromatic rings. The van der Waals surface area contributed by atoms with Gasteiger partial charge in [-0.2, -0.15) is 0 Å². The van der Waals surface area contributed by atoms with Crippen molar-refractivity contribution in [2.45, 2.75) is 19.4 Å². The van der Waals surface area contributed by atoms with Crippen molar-refractivity contribution in [3.63, 3.8) is 0 Å². The van der Waals surface area contributed by atoms with E-state index in [2.05, 4.69) is 11.8 Å². The third-order valence-corrected chi connectivity index (χ3v) is 2.84. The van der Waals surface area contributed by atoms with Gasteiger partial charge in [0.25, 0.3) is 0 Å². The van der Waals surface area contributed by atoms with Gasteiger partial charge < -0.3 is 19.8 Å². The van der Waals surface area contributed by atoms with Crippen molar-refractivity contribution in [1.29, 1.82) is 0 Å². The van der Waals surface area contributed by atoms with Crippen LogP contribution in [0.4, 0.5) is 0 Å². The molecule has 0 radical (unpaired) electrons. The van der Waals surface area contributed by atoms with Crippen molar-refractivity contribution >= 4 is 11.9 Å². The minimum atomic E-state index is -1.82. The number of piperidine rings is 1. The Kier molecular flexibility index (Phi) is 4.70. The molecule has 92 valence electrons. The van der Waals surface area contributed by atoms with Crippen LogP contribution >= 0.6 is 0 Å². The fourth-order valence-electron chi connectivity index (χ4n) is 2.14. The second kappa shape index (κ2) is 5.81. The van der Waals surface area contributed by atoms with Crippen LogP contribution in [0.5, 0.6) is 0 Å². The molecule has 2 aliphatic rings. The van der Waals surface area contributed by atoms with Crippen molar-refractivity contribution in [3.05, 3.63) is 0 Å². The van der Waals surface area contributed by atoms with Gasteiger partial charge >= 0.3 is 11.9 Å². The highest BCUT2D eigenvalue weighted by molar-refractivity contribution is 6.27. The van der Waals surface area contributed by atoms with E-state index in [0.29, 0.717) is 6.10 Å². The monoisotopic (exact) mass is 231 g/mol. The smallest absolute Gasteiger partial charge is 0.414 e. The van der Waals surface area contributed by atoms with Crippen molar-refractivity contribution in [3.8, 4) is 0 Å². The zero-order valence-corrected chi connectivity index (χ0v) is 9.26. The molecule has 2 aliphatic heterocycles. The molecular weight excluding hydrogens is 214 g/mol. The topological polar surface area (TPSA) is 87.1 Å². The van der Waals surface area contributed by atoms with Gasteiger partial charge in [0.1, 0.15) is 0 Å². The molecule has 3 atom stereocenters. The van der Waals surface area contributed by atoms with Crippen molar-refractivity contribution in [2.75, 3.05) is 26.2 Å². The van der Waals surface area contributed by atoms with Crippen molar-refractivity contribution in [2.24, 2.45) is 5.92 Å². The first-order valence-electron chi connectivity index (χ1n) is 5.34. The Bertz CT molecular complexity index is 256. The van der Waals surface area contributed by atoms with Gasteiger partial charge in [0.2, 0.25) is 0 Å². The normalized spacial score (nSPS) is 30.7. The van der Waals surface area contributed by atoms with E-state index in [1.165, 1.54) is 26.1 Å². The van der Waals surface area contributed by atoms with Gasteiger partial charge in [0, 0.05) is 25.6 Å². The van der Waals surface area contributed by atoms with Crippen LogP contribution in [0, 0.1) is 5.92 Å². The summed E-state index contributed by atoms with van der Waals surface area (Å²) in [6.45, 7) is 6.77. The molecule has 0 saturated carbocycles. The van der Waals surface area contributed by atoms with E-state index in [0.717, 1.165) is 12.5 Å². The number of rotatable bonds is 2. The average Bonchev–Trinajstić information content (AvgIpc) is 2.80. The molecule has 2 rings (SSSR count). The van der Waals surface area contributed by atoms with E-state index in [4.69, 9.17) is 24.5 Å². The Balaban J connectivity index is 0.000000187. The number of carbonyl (C=O) groups is 2. The zero-order valence-electron chi connectivity index (χ0n) is 9.26. The molecule has 0 aromatic carbocycles. The number of hydrogen-bond acceptors (Lipinski definition) is 4. The zero-order chi connectivity index (χ0) is 12.1. The van der Waals surface area contributed by atoms with Crippen molar-refractivity contribution in [1.82, 2.24) is 4.90 Å². The maximum absolute atomic E-state index is 9.10. The highest BCUT2D eigenvalue weighted by Gasteiger charge is 2.38. The van der Waals surface area contributed by atoms with E-state index >= 15 is 0 Å². The molecule has 6 heteroatoms. The van der Waals surface area contributed by atoms with Crippen LogP contribution in [0.1, 0.15) is 13.3 Å². The lowest BCUT2D eigenvalue weighted by atomic mass is 10.0. The maximum atomic E-state index is 9.10. The fraction of sp³-hybridized carbons (Fsp3) is 0.800. The lowest BCUT2D eigenvalue weighted by Crippen LogP contribution is -2.29. The van der Waals surface area contributed by atoms with Gasteiger partial charge in [-0.15, -0.1) is 0 Å². The largest absolute Gasteiger partial charge is 0.473 e. The first-order valence-corrected chi connectivity index (χ1v) is 5.34. The quantitative estimate of drug-likeness (QED) is 0.644. The van der Waals surface area contributed by atoms with Crippen LogP contribution in [0.3, 0.4) is 0 Å². The summed E-state index contributed by atoms with van der Waals surface area (Å²) in [6, 6.07) is 0. The summed E-state index contributed by atoms with van der Waals surface area (Å²) in [5.74, 6) is -2.79. The highest BCUT2D eigenvalue weighted by atomic mass is 16.5. The highest BCUT2D eigenvalue weighted by Crippen LogP contribution is 2.29. The van der Waals surface area contributed by atoms with Crippen molar-refractivity contribution < 1.29 is 24.5 Å². The summed E-state index contributed by atoms with van der Waals surface area (Å²) in [6.07, 6.45) is 1.93. The molecule has 2 fully saturated rings. The lowest BCUT2D eigenvalue weighted by Gasteiger charge is -2.21. The molecule has 16 heavy (non-hydrogen) atoms. The fourth-order valence-corrected chi connectivity index (χ4v) is 2.14. The Morgan fingerprint density at radius 2 is 1.94 bits per heavy atom.